The van der Waals surface area contributed by atoms with Crippen molar-refractivity contribution in [2.24, 2.45) is 0 Å². The van der Waals surface area contributed by atoms with Gasteiger partial charge in [0.25, 0.3) is 0 Å². The number of anilines is 1. The molecular weight excluding hydrogens is 346 g/mol. The summed E-state index contributed by atoms with van der Waals surface area (Å²) in [5.74, 6) is 1.03. The highest BCUT2D eigenvalue weighted by molar-refractivity contribution is 8.03. The van der Waals surface area contributed by atoms with Crippen LogP contribution in [0.3, 0.4) is 0 Å². The summed E-state index contributed by atoms with van der Waals surface area (Å²) in [4.78, 5) is 12.3. The zero-order chi connectivity index (χ0) is 16.7. The summed E-state index contributed by atoms with van der Waals surface area (Å²) in [7, 11) is 0. The van der Waals surface area contributed by atoms with Crippen molar-refractivity contribution in [1.29, 1.82) is 0 Å². The van der Waals surface area contributed by atoms with Crippen molar-refractivity contribution in [1.82, 2.24) is 10.2 Å². The van der Waals surface area contributed by atoms with Crippen molar-refractivity contribution in [2.45, 2.75) is 47.5 Å². The Morgan fingerprint density at radius 2 is 1.91 bits per heavy atom. The molecule has 1 aromatic heterocycles. The van der Waals surface area contributed by atoms with Gasteiger partial charge in [0.2, 0.25) is 5.91 Å². The maximum atomic E-state index is 12.3. The Morgan fingerprint density at radius 1 is 1.22 bits per heavy atom. The van der Waals surface area contributed by atoms with Gasteiger partial charge in [-0.25, -0.2) is 0 Å². The highest BCUT2D eigenvalue weighted by atomic mass is 32.2. The normalized spacial score (nSPS) is 12.1. The first-order valence-corrected chi connectivity index (χ1v) is 10.3. The monoisotopic (exact) mass is 367 g/mol. The van der Waals surface area contributed by atoms with E-state index in [4.69, 9.17) is 0 Å². The Kier molecular flexibility index (Phi) is 7.39. The lowest BCUT2D eigenvalue weighted by Gasteiger charge is -2.10. The van der Waals surface area contributed by atoms with Gasteiger partial charge in [0.15, 0.2) is 8.68 Å². The summed E-state index contributed by atoms with van der Waals surface area (Å²) < 4.78 is 1.81. The highest BCUT2D eigenvalue weighted by Gasteiger charge is 2.17. The molecule has 1 amide bonds. The van der Waals surface area contributed by atoms with E-state index in [1.54, 1.807) is 23.1 Å². The second-order valence-corrected chi connectivity index (χ2v) is 8.89. The molecule has 0 aliphatic rings. The topological polar surface area (TPSA) is 54.9 Å². The Balaban J connectivity index is 1.87. The lowest BCUT2D eigenvalue weighted by Crippen LogP contribution is -2.22. The van der Waals surface area contributed by atoms with Crippen molar-refractivity contribution in [3.63, 3.8) is 0 Å². The average molecular weight is 368 g/mol. The molecule has 4 nitrogen and oxygen atoms in total. The van der Waals surface area contributed by atoms with Gasteiger partial charge >= 0.3 is 0 Å². The number of carbonyl (C=O) groups is 1. The van der Waals surface area contributed by atoms with Gasteiger partial charge in [-0.2, -0.15) is 0 Å². The second kappa shape index (κ2) is 9.30. The van der Waals surface area contributed by atoms with Crippen LogP contribution in [0.1, 0.15) is 32.8 Å². The number of carbonyl (C=O) groups excluding carboxylic acids is 1. The smallest absolute Gasteiger partial charge is 0.237 e. The van der Waals surface area contributed by atoms with Crippen molar-refractivity contribution in [2.75, 3.05) is 11.1 Å². The number of amides is 1. The van der Waals surface area contributed by atoms with Crippen LogP contribution < -0.4 is 5.32 Å². The average Bonchev–Trinajstić information content (AvgIpc) is 3.01. The van der Waals surface area contributed by atoms with E-state index in [-0.39, 0.29) is 11.2 Å². The molecule has 0 bridgehead atoms. The first kappa shape index (κ1) is 18.3. The van der Waals surface area contributed by atoms with Crippen LogP contribution in [0.25, 0.3) is 0 Å². The third-order valence-corrected chi connectivity index (χ3v) is 6.54. The van der Waals surface area contributed by atoms with E-state index in [2.05, 4.69) is 29.4 Å². The Morgan fingerprint density at radius 3 is 2.57 bits per heavy atom. The largest absolute Gasteiger partial charge is 0.325 e. The number of aromatic nitrogens is 2. The predicted octanol–water partition coefficient (Wildman–Crippen LogP) is 4.72. The number of nitrogens with zero attached hydrogens (tertiary/aromatic N) is 2. The van der Waals surface area contributed by atoms with Gasteiger partial charge in [-0.15, -0.1) is 10.2 Å². The van der Waals surface area contributed by atoms with Crippen LogP contribution in [0.4, 0.5) is 5.69 Å². The number of hydrogen-bond acceptors (Lipinski definition) is 6. The molecule has 0 spiro atoms. The molecule has 23 heavy (non-hydrogen) atoms. The van der Waals surface area contributed by atoms with E-state index in [0.717, 1.165) is 33.0 Å². The fourth-order valence-electron chi connectivity index (χ4n) is 1.76. The minimum Gasteiger partial charge on any atom is -0.325 e. The van der Waals surface area contributed by atoms with Gasteiger partial charge in [-0.1, -0.05) is 60.8 Å². The third kappa shape index (κ3) is 5.82. The van der Waals surface area contributed by atoms with E-state index in [0.29, 0.717) is 0 Å². The van der Waals surface area contributed by atoms with E-state index in [1.165, 1.54) is 17.3 Å². The molecule has 0 aliphatic carbocycles. The van der Waals surface area contributed by atoms with Crippen molar-refractivity contribution in [3.8, 4) is 0 Å². The molecular formula is C16H21N3OS3. The Hall–Kier alpha value is -1.05. The molecule has 2 rings (SSSR count). The van der Waals surface area contributed by atoms with Crippen LogP contribution in [-0.4, -0.2) is 27.1 Å². The van der Waals surface area contributed by atoms with E-state index in [1.807, 2.05) is 31.2 Å². The number of nitrogens with one attached hydrogen (secondary N) is 1. The van der Waals surface area contributed by atoms with Crippen LogP contribution in [0.2, 0.25) is 0 Å². The number of rotatable bonds is 8. The molecule has 2 aromatic rings. The van der Waals surface area contributed by atoms with Crippen LogP contribution >= 0.6 is 34.9 Å². The van der Waals surface area contributed by atoms with Gasteiger partial charge in [0, 0.05) is 11.4 Å². The van der Waals surface area contributed by atoms with Crippen molar-refractivity contribution in [3.05, 3.63) is 29.8 Å². The minimum absolute atomic E-state index is 0.0165. The minimum atomic E-state index is -0.210. The molecule has 1 aromatic carbocycles. The molecule has 1 heterocycles. The number of hydrogen-bond donors (Lipinski definition) is 1. The standard InChI is InChI=1S/C16H21N3OS3/c1-4-10-21-15-18-19-16(23-15)22-11(3)14(20)17-13-8-6-12(5-2)7-9-13/h6-9,11H,4-5,10H2,1-3H3,(H,17,20)/t11-/m0/s1. The molecule has 0 fully saturated rings. The Labute approximate surface area is 149 Å². The highest BCUT2D eigenvalue weighted by Crippen LogP contribution is 2.31. The van der Waals surface area contributed by atoms with E-state index < -0.39 is 0 Å². The SMILES string of the molecule is CCCSc1nnc(S[C@@H](C)C(=O)Nc2ccc(CC)cc2)s1. The Bertz CT molecular complexity index is 628. The van der Waals surface area contributed by atoms with Crippen LogP contribution in [0.5, 0.6) is 0 Å². The van der Waals surface area contributed by atoms with Crippen molar-refractivity contribution < 1.29 is 4.79 Å². The summed E-state index contributed by atoms with van der Waals surface area (Å²) in [5.41, 5.74) is 2.09. The summed E-state index contributed by atoms with van der Waals surface area (Å²) in [6, 6.07) is 7.96. The second-order valence-electron chi connectivity index (χ2n) is 4.98. The van der Waals surface area contributed by atoms with Crippen LogP contribution in [0.15, 0.2) is 32.9 Å². The fourth-order valence-corrected chi connectivity index (χ4v) is 4.85. The summed E-state index contributed by atoms with van der Waals surface area (Å²) in [5, 5.41) is 11.0. The third-order valence-electron chi connectivity index (χ3n) is 3.09. The molecule has 1 atom stereocenters. The van der Waals surface area contributed by atoms with E-state index in [9.17, 15) is 4.79 Å². The van der Waals surface area contributed by atoms with Crippen LogP contribution in [0, 0.1) is 0 Å². The zero-order valence-corrected chi connectivity index (χ0v) is 16.0. The van der Waals surface area contributed by atoms with Gasteiger partial charge in [-0.3, -0.25) is 4.79 Å². The molecule has 0 unspecified atom stereocenters. The lowest BCUT2D eigenvalue weighted by molar-refractivity contribution is -0.115. The quantitative estimate of drug-likeness (QED) is 0.684. The summed E-state index contributed by atoms with van der Waals surface area (Å²) >= 11 is 4.72. The predicted molar refractivity (Wildman–Crippen MR) is 101 cm³/mol. The lowest BCUT2D eigenvalue weighted by atomic mass is 10.1. The van der Waals surface area contributed by atoms with Gasteiger partial charge in [-0.05, 0) is 37.5 Å². The fraction of sp³-hybridized carbons (Fsp3) is 0.438. The molecule has 0 aliphatic heterocycles. The molecule has 0 saturated carbocycles. The molecule has 0 saturated heterocycles. The number of aryl methyl sites for hydroxylation is 1. The first-order chi connectivity index (χ1) is 11.1. The zero-order valence-electron chi connectivity index (χ0n) is 13.5. The summed E-state index contributed by atoms with van der Waals surface area (Å²) in [6.07, 6.45) is 2.11. The van der Waals surface area contributed by atoms with Gasteiger partial charge in [0.05, 0.1) is 5.25 Å². The maximum absolute atomic E-state index is 12.3. The first-order valence-electron chi connectivity index (χ1n) is 7.65. The van der Waals surface area contributed by atoms with Gasteiger partial charge < -0.3 is 5.32 Å². The molecule has 1 N–H and O–H groups in total. The van der Waals surface area contributed by atoms with Gasteiger partial charge in [0.1, 0.15) is 0 Å². The number of thioether (sulfide) groups is 2. The molecule has 0 radical (unpaired) electrons. The summed E-state index contributed by atoms with van der Waals surface area (Å²) in [6.45, 7) is 6.14. The maximum Gasteiger partial charge on any atom is 0.237 e. The van der Waals surface area contributed by atoms with E-state index >= 15 is 0 Å². The molecule has 7 heteroatoms. The number of benzene rings is 1. The van der Waals surface area contributed by atoms with Crippen molar-refractivity contribution >= 4 is 46.5 Å². The molecule has 124 valence electrons. The van der Waals surface area contributed by atoms with Crippen LogP contribution in [-0.2, 0) is 11.2 Å².